The third-order valence-corrected chi connectivity index (χ3v) is 2.93. The van der Waals surface area contributed by atoms with Gasteiger partial charge in [0.1, 0.15) is 0 Å². The average Bonchev–Trinajstić information content (AvgIpc) is 2.26. The van der Waals surface area contributed by atoms with Crippen molar-refractivity contribution in [1.82, 2.24) is 10.6 Å². The van der Waals surface area contributed by atoms with Crippen LogP contribution >= 0.6 is 0 Å². The number of nitriles is 1. The van der Waals surface area contributed by atoms with Crippen molar-refractivity contribution >= 4 is 5.91 Å². The minimum absolute atomic E-state index is 0.0665. The third-order valence-electron chi connectivity index (χ3n) is 2.93. The van der Waals surface area contributed by atoms with Crippen molar-refractivity contribution in [1.29, 1.82) is 5.26 Å². The fraction of sp³-hybridized carbons (Fsp3) is 0.818. The number of amides is 1. The lowest BCUT2D eigenvalue weighted by Crippen LogP contribution is -2.49. The van der Waals surface area contributed by atoms with Crippen LogP contribution < -0.4 is 10.6 Å². The van der Waals surface area contributed by atoms with Gasteiger partial charge in [-0.2, -0.15) is 5.26 Å². The summed E-state index contributed by atoms with van der Waals surface area (Å²) in [5, 5.41) is 14.7. The van der Waals surface area contributed by atoms with Gasteiger partial charge in [0, 0.05) is 13.1 Å². The number of hydrogen-bond donors (Lipinski definition) is 2. The number of rotatable bonds is 3. The van der Waals surface area contributed by atoms with Crippen LogP contribution in [0.3, 0.4) is 0 Å². The van der Waals surface area contributed by atoms with Crippen molar-refractivity contribution in [2.75, 3.05) is 19.6 Å². The van der Waals surface area contributed by atoms with Gasteiger partial charge in [0.25, 0.3) is 0 Å². The Labute approximate surface area is 91.0 Å². The molecule has 2 N–H and O–H groups in total. The van der Waals surface area contributed by atoms with Gasteiger partial charge in [-0.25, -0.2) is 0 Å². The summed E-state index contributed by atoms with van der Waals surface area (Å²) in [6, 6.07) is 2.11. The first-order valence-electron chi connectivity index (χ1n) is 5.47. The molecule has 1 amide bonds. The quantitative estimate of drug-likeness (QED) is 0.717. The van der Waals surface area contributed by atoms with Crippen molar-refractivity contribution in [3.63, 3.8) is 0 Å². The zero-order valence-electron chi connectivity index (χ0n) is 9.47. The van der Waals surface area contributed by atoms with Gasteiger partial charge in [0.2, 0.25) is 5.91 Å². The van der Waals surface area contributed by atoms with Gasteiger partial charge in [-0.3, -0.25) is 4.79 Å². The highest BCUT2D eigenvalue weighted by molar-refractivity contribution is 5.82. The molecule has 1 rings (SSSR count). The second-order valence-electron chi connectivity index (χ2n) is 4.58. The molecule has 1 saturated heterocycles. The Morgan fingerprint density at radius 3 is 3.00 bits per heavy atom. The van der Waals surface area contributed by atoms with Crippen LogP contribution in [0, 0.1) is 22.7 Å². The van der Waals surface area contributed by atoms with Crippen molar-refractivity contribution in [3.05, 3.63) is 0 Å². The van der Waals surface area contributed by atoms with Crippen LogP contribution in [0.5, 0.6) is 0 Å². The second-order valence-corrected chi connectivity index (χ2v) is 4.58. The molecule has 2 atom stereocenters. The lowest BCUT2D eigenvalue weighted by molar-refractivity contribution is -0.131. The van der Waals surface area contributed by atoms with E-state index in [1.807, 2.05) is 13.8 Å². The molecule has 84 valence electrons. The number of hydrogen-bond acceptors (Lipinski definition) is 3. The first-order chi connectivity index (χ1) is 7.08. The molecule has 4 heteroatoms. The minimum atomic E-state index is -0.298. The normalized spacial score (nSPS) is 27.8. The number of carbonyl (C=O) groups is 1. The van der Waals surface area contributed by atoms with Crippen LogP contribution in [0.25, 0.3) is 0 Å². The Hall–Kier alpha value is -1.08. The maximum absolute atomic E-state index is 11.9. The van der Waals surface area contributed by atoms with Crippen molar-refractivity contribution in [2.45, 2.75) is 26.7 Å². The lowest BCUT2D eigenvalue weighted by atomic mass is 9.82. The molecule has 0 aromatic carbocycles. The van der Waals surface area contributed by atoms with Gasteiger partial charge in [0.15, 0.2) is 0 Å². The number of nitrogens with zero attached hydrogens (tertiary/aromatic N) is 1. The summed E-state index contributed by atoms with van der Waals surface area (Å²) in [5.74, 6) is -0.0501. The standard InChI is InChI=1S/C11H19N3O/c1-9(6-12)7-14-10(15)11(2)4-3-5-13-8-11/h9,13H,3-5,7-8H2,1-2H3,(H,14,15). The Morgan fingerprint density at radius 1 is 1.73 bits per heavy atom. The van der Waals surface area contributed by atoms with Crippen LogP contribution in [0.15, 0.2) is 0 Å². The molecule has 1 heterocycles. The van der Waals surface area contributed by atoms with Crippen LogP contribution in [-0.2, 0) is 4.79 Å². The smallest absolute Gasteiger partial charge is 0.227 e. The Balaban J connectivity index is 2.42. The van der Waals surface area contributed by atoms with Gasteiger partial charge in [0.05, 0.1) is 17.4 Å². The minimum Gasteiger partial charge on any atom is -0.354 e. The fourth-order valence-corrected chi connectivity index (χ4v) is 1.75. The van der Waals surface area contributed by atoms with E-state index >= 15 is 0 Å². The molecule has 15 heavy (non-hydrogen) atoms. The highest BCUT2D eigenvalue weighted by atomic mass is 16.2. The molecule has 2 unspecified atom stereocenters. The van der Waals surface area contributed by atoms with Crippen LogP contribution in [0.1, 0.15) is 26.7 Å². The maximum Gasteiger partial charge on any atom is 0.227 e. The van der Waals surface area contributed by atoms with E-state index in [9.17, 15) is 4.79 Å². The summed E-state index contributed by atoms with van der Waals surface area (Å²) in [6.07, 6.45) is 1.96. The lowest BCUT2D eigenvalue weighted by Gasteiger charge is -2.32. The Morgan fingerprint density at radius 2 is 2.47 bits per heavy atom. The summed E-state index contributed by atoms with van der Waals surface area (Å²) in [6.45, 7) is 5.97. The molecule has 0 saturated carbocycles. The van der Waals surface area contributed by atoms with E-state index in [1.165, 1.54) is 0 Å². The molecule has 1 aliphatic rings. The molecular weight excluding hydrogens is 190 g/mol. The molecule has 0 aromatic rings. The Kier molecular flexibility index (Phi) is 4.10. The molecular formula is C11H19N3O. The summed E-state index contributed by atoms with van der Waals surface area (Å²) >= 11 is 0. The predicted octanol–water partition coefficient (Wildman–Crippen LogP) is 0.652. The molecule has 0 aromatic heterocycles. The van der Waals surface area contributed by atoms with Gasteiger partial charge >= 0.3 is 0 Å². The largest absolute Gasteiger partial charge is 0.354 e. The van der Waals surface area contributed by atoms with E-state index in [-0.39, 0.29) is 17.2 Å². The highest BCUT2D eigenvalue weighted by Gasteiger charge is 2.34. The van der Waals surface area contributed by atoms with Gasteiger partial charge in [-0.05, 0) is 33.2 Å². The summed E-state index contributed by atoms with van der Waals surface area (Å²) < 4.78 is 0. The molecule has 1 fully saturated rings. The van der Waals surface area contributed by atoms with Crippen molar-refractivity contribution in [3.8, 4) is 6.07 Å². The third kappa shape index (κ3) is 3.21. The summed E-state index contributed by atoms with van der Waals surface area (Å²) in [5.41, 5.74) is -0.298. The summed E-state index contributed by atoms with van der Waals surface area (Å²) in [7, 11) is 0. The van der Waals surface area contributed by atoms with Gasteiger partial charge in [-0.15, -0.1) is 0 Å². The average molecular weight is 209 g/mol. The molecule has 0 spiro atoms. The molecule has 0 radical (unpaired) electrons. The van der Waals surface area contributed by atoms with Crippen LogP contribution in [-0.4, -0.2) is 25.5 Å². The number of carbonyl (C=O) groups excluding carboxylic acids is 1. The van der Waals surface area contributed by atoms with E-state index in [0.29, 0.717) is 6.54 Å². The monoisotopic (exact) mass is 209 g/mol. The Bertz CT molecular complexity index is 263. The van der Waals surface area contributed by atoms with Crippen molar-refractivity contribution in [2.24, 2.45) is 11.3 Å². The van der Waals surface area contributed by atoms with Crippen LogP contribution in [0.4, 0.5) is 0 Å². The first-order valence-corrected chi connectivity index (χ1v) is 5.47. The molecule has 0 bridgehead atoms. The van der Waals surface area contributed by atoms with Gasteiger partial charge in [-0.1, -0.05) is 0 Å². The van der Waals surface area contributed by atoms with Crippen LogP contribution in [0.2, 0.25) is 0 Å². The predicted molar refractivity (Wildman–Crippen MR) is 58.0 cm³/mol. The maximum atomic E-state index is 11.9. The van der Waals surface area contributed by atoms with Gasteiger partial charge < -0.3 is 10.6 Å². The second kappa shape index (κ2) is 5.13. The van der Waals surface area contributed by atoms with E-state index in [0.717, 1.165) is 25.9 Å². The zero-order chi connectivity index (χ0) is 11.3. The topological polar surface area (TPSA) is 64.9 Å². The van der Waals surface area contributed by atoms with E-state index in [2.05, 4.69) is 16.7 Å². The molecule has 4 nitrogen and oxygen atoms in total. The van der Waals surface area contributed by atoms with Crippen molar-refractivity contribution < 1.29 is 4.79 Å². The number of piperidine rings is 1. The highest BCUT2D eigenvalue weighted by Crippen LogP contribution is 2.25. The molecule has 0 aliphatic carbocycles. The van der Waals surface area contributed by atoms with E-state index in [4.69, 9.17) is 5.26 Å². The summed E-state index contributed by atoms with van der Waals surface area (Å²) in [4.78, 5) is 11.9. The van der Waals surface area contributed by atoms with E-state index in [1.54, 1.807) is 0 Å². The first kappa shape index (κ1) is 12.0. The number of nitrogens with one attached hydrogen (secondary N) is 2. The van der Waals surface area contributed by atoms with E-state index < -0.39 is 0 Å². The molecule has 1 aliphatic heterocycles. The fourth-order valence-electron chi connectivity index (χ4n) is 1.75. The SMILES string of the molecule is CC(C#N)CNC(=O)C1(C)CCCNC1. The zero-order valence-corrected chi connectivity index (χ0v) is 9.47.